The summed E-state index contributed by atoms with van der Waals surface area (Å²) < 4.78 is 38.6. The van der Waals surface area contributed by atoms with Crippen molar-refractivity contribution in [2.75, 3.05) is 33.0 Å². The second-order valence-corrected chi connectivity index (χ2v) is 14.2. The number of hydrogen-bond donors (Lipinski definition) is 2. The molecule has 0 saturated heterocycles. The maximum atomic E-state index is 12.6. The number of nitrogens with one attached hydrogen (secondary N) is 1. The molecule has 0 bridgehead atoms. The van der Waals surface area contributed by atoms with Crippen LogP contribution in [-0.4, -0.2) is 67.8 Å². The lowest BCUT2D eigenvalue weighted by Gasteiger charge is -2.19. The minimum atomic E-state index is -4.56. The van der Waals surface area contributed by atoms with Crippen LogP contribution in [0.15, 0.2) is 72.8 Å². The fraction of sp³-hybridized carbons (Fsp3) is 0.500. The van der Waals surface area contributed by atoms with E-state index >= 15 is 0 Å². The highest BCUT2D eigenvalue weighted by atomic mass is 31.2. The first kappa shape index (κ1) is 43.3. The summed E-state index contributed by atoms with van der Waals surface area (Å²) in [7, 11) is -4.56. The number of alkyl carbamates (subject to hydrolysis) is 1. The molecule has 0 radical (unpaired) electrons. The van der Waals surface area contributed by atoms with Crippen LogP contribution in [0, 0.1) is 5.92 Å². The average molecular weight is 756 g/mol. The number of benzene rings is 2. The zero-order valence-electron chi connectivity index (χ0n) is 31.0. The van der Waals surface area contributed by atoms with Gasteiger partial charge in [0.1, 0.15) is 19.0 Å². The summed E-state index contributed by atoms with van der Waals surface area (Å²) in [5.41, 5.74) is 4.63. The molecule has 13 heteroatoms. The SMILES string of the molecule is CC/C=C\CC(=O)OC[C@H](COP(=O)(O)OCCCC(=O)[C@@H](C)CCCCNC(=O)OCC1c2ccccc2-c2ccccc21)OC(=O)C/C=C\CC. The molecule has 3 atom stereocenters. The summed E-state index contributed by atoms with van der Waals surface area (Å²) >= 11 is 0. The molecule has 3 rings (SSSR count). The van der Waals surface area contributed by atoms with Crippen molar-refractivity contribution in [1.29, 1.82) is 0 Å². The third kappa shape index (κ3) is 15.8. The van der Waals surface area contributed by atoms with Crippen LogP contribution >= 0.6 is 7.82 Å². The Balaban J connectivity index is 1.29. The highest BCUT2D eigenvalue weighted by molar-refractivity contribution is 7.47. The van der Waals surface area contributed by atoms with E-state index in [-0.39, 0.29) is 63.1 Å². The topological polar surface area (TPSA) is 164 Å². The van der Waals surface area contributed by atoms with Crippen molar-refractivity contribution in [3.63, 3.8) is 0 Å². The number of carbonyl (C=O) groups is 4. The van der Waals surface area contributed by atoms with Gasteiger partial charge >= 0.3 is 25.9 Å². The van der Waals surface area contributed by atoms with E-state index < -0.39 is 38.6 Å². The second kappa shape index (κ2) is 23.5. The van der Waals surface area contributed by atoms with Crippen LogP contribution in [0.1, 0.15) is 95.6 Å². The summed E-state index contributed by atoms with van der Waals surface area (Å²) in [6.45, 7) is 5.23. The summed E-state index contributed by atoms with van der Waals surface area (Å²) in [6.07, 6.45) is 9.19. The largest absolute Gasteiger partial charge is 0.472 e. The number of ether oxygens (including phenoxy) is 3. The lowest BCUT2D eigenvalue weighted by atomic mass is 9.96. The zero-order chi connectivity index (χ0) is 38.5. The van der Waals surface area contributed by atoms with Crippen LogP contribution in [0.5, 0.6) is 0 Å². The van der Waals surface area contributed by atoms with Crippen molar-refractivity contribution < 1.29 is 51.9 Å². The highest BCUT2D eigenvalue weighted by Gasteiger charge is 2.29. The van der Waals surface area contributed by atoms with E-state index in [2.05, 4.69) is 29.6 Å². The molecule has 12 nitrogen and oxygen atoms in total. The summed E-state index contributed by atoms with van der Waals surface area (Å²) in [4.78, 5) is 59.4. The molecule has 0 spiro atoms. The second-order valence-electron chi connectivity index (χ2n) is 12.8. The maximum absolute atomic E-state index is 12.6. The Hall–Kier alpha value is -4.09. The fourth-order valence-corrected chi connectivity index (χ4v) is 6.54. The molecular formula is C40H54NO11P. The van der Waals surface area contributed by atoms with Crippen LogP contribution in [-0.2, 0) is 42.2 Å². The van der Waals surface area contributed by atoms with Gasteiger partial charge in [0.15, 0.2) is 6.10 Å². The van der Waals surface area contributed by atoms with Gasteiger partial charge in [-0.25, -0.2) is 9.36 Å². The van der Waals surface area contributed by atoms with Crippen LogP contribution in [0.4, 0.5) is 4.79 Å². The lowest BCUT2D eigenvalue weighted by Crippen LogP contribution is -2.29. The molecule has 1 aliphatic carbocycles. The molecule has 0 fully saturated rings. The van der Waals surface area contributed by atoms with E-state index in [1.807, 2.05) is 51.1 Å². The van der Waals surface area contributed by atoms with Crippen LogP contribution in [0.25, 0.3) is 11.1 Å². The Morgan fingerprint density at radius 2 is 1.43 bits per heavy atom. The zero-order valence-corrected chi connectivity index (χ0v) is 31.9. The lowest BCUT2D eigenvalue weighted by molar-refractivity contribution is -0.160. The summed E-state index contributed by atoms with van der Waals surface area (Å²) in [5.74, 6) is -1.41. The fourth-order valence-electron chi connectivity index (χ4n) is 5.75. The number of Topliss-reactive ketones (excluding diaryl/α,β-unsaturated/α-hetero) is 1. The Kier molecular flexibility index (Phi) is 19.2. The Morgan fingerprint density at radius 1 is 0.811 bits per heavy atom. The van der Waals surface area contributed by atoms with Crippen LogP contribution < -0.4 is 5.32 Å². The van der Waals surface area contributed by atoms with Crippen molar-refractivity contribution in [3.8, 4) is 11.1 Å². The molecule has 0 saturated carbocycles. The Morgan fingerprint density at radius 3 is 2.08 bits per heavy atom. The molecule has 0 aromatic heterocycles. The van der Waals surface area contributed by atoms with Crippen molar-refractivity contribution in [3.05, 3.63) is 84.0 Å². The van der Waals surface area contributed by atoms with Gasteiger partial charge in [-0.05, 0) is 54.4 Å². The first-order valence-electron chi connectivity index (χ1n) is 18.4. The normalized spacial score (nSPS) is 14.6. The Bertz CT molecular complexity index is 1540. The number of hydrogen-bond acceptors (Lipinski definition) is 10. The predicted molar refractivity (Wildman–Crippen MR) is 201 cm³/mol. The number of unbranched alkanes of at least 4 members (excludes halogenated alkanes) is 1. The minimum absolute atomic E-state index is 0.00789. The van der Waals surface area contributed by atoms with E-state index in [1.165, 1.54) is 11.1 Å². The third-order valence-electron chi connectivity index (χ3n) is 8.57. The van der Waals surface area contributed by atoms with Gasteiger partial charge in [-0.3, -0.25) is 23.4 Å². The smallest absolute Gasteiger partial charge is 0.461 e. The monoisotopic (exact) mass is 755 g/mol. The van der Waals surface area contributed by atoms with Gasteiger partial charge in [-0.15, -0.1) is 0 Å². The number of fused-ring (bicyclic) bond motifs is 3. The van der Waals surface area contributed by atoms with Crippen molar-refractivity contribution in [1.82, 2.24) is 5.32 Å². The molecular weight excluding hydrogens is 701 g/mol. The van der Waals surface area contributed by atoms with Crippen LogP contribution in [0.2, 0.25) is 0 Å². The average Bonchev–Trinajstić information content (AvgIpc) is 3.47. The van der Waals surface area contributed by atoms with Crippen molar-refractivity contribution in [2.45, 2.75) is 90.6 Å². The van der Waals surface area contributed by atoms with E-state index in [9.17, 15) is 28.6 Å². The molecule has 1 unspecified atom stereocenters. The summed E-state index contributed by atoms with van der Waals surface area (Å²) in [6, 6.07) is 16.3. The number of allylic oxidation sites excluding steroid dienone is 2. The number of carbonyl (C=O) groups excluding carboxylic acids is 4. The quantitative estimate of drug-likeness (QED) is 0.0332. The Labute approximate surface area is 312 Å². The van der Waals surface area contributed by atoms with Crippen LogP contribution in [0.3, 0.4) is 0 Å². The predicted octanol–water partition coefficient (Wildman–Crippen LogP) is 7.98. The van der Waals surface area contributed by atoms with Gasteiger partial charge < -0.3 is 24.4 Å². The van der Waals surface area contributed by atoms with Gasteiger partial charge in [0.25, 0.3) is 0 Å². The number of amides is 1. The van der Waals surface area contributed by atoms with Gasteiger partial charge in [-0.2, -0.15) is 0 Å². The molecule has 1 amide bonds. The number of rotatable bonds is 25. The third-order valence-corrected chi connectivity index (χ3v) is 9.56. The van der Waals surface area contributed by atoms with E-state index in [0.717, 1.165) is 30.4 Å². The van der Waals surface area contributed by atoms with E-state index in [0.29, 0.717) is 19.4 Å². The van der Waals surface area contributed by atoms with E-state index in [1.54, 1.807) is 18.2 Å². The number of esters is 2. The molecule has 2 aromatic rings. The first-order valence-corrected chi connectivity index (χ1v) is 19.9. The molecule has 2 N–H and O–H groups in total. The molecule has 53 heavy (non-hydrogen) atoms. The number of phosphoric acid groups is 1. The minimum Gasteiger partial charge on any atom is -0.461 e. The maximum Gasteiger partial charge on any atom is 0.472 e. The molecule has 2 aromatic carbocycles. The molecule has 0 aliphatic heterocycles. The standard InChI is InChI=1S/C40H54NO11P/c1-4-6-8-23-38(43)48-27-31(52-39(44)24-9-7-5-2)28-51-53(46,47)50-26-16-22-37(42)30(3)17-14-15-25-41-40(45)49-29-36-34-20-12-10-18-32(34)33-19-11-13-21-35(33)36/h6-13,18-21,30-31,36H,4-5,14-17,22-29H2,1-3H3,(H,41,45)(H,46,47)/b8-6-,9-7-/t30-,31+/m0/s1. The number of phosphoric ester groups is 1. The van der Waals surface area contributed by atoms with Crippen molar-refractivity contribution >= 4 is 31.6 Å². The molecule has 0 heterocycles. The van der Waals surface area contributed by atoms with Gasteiger partial charge in [0.2, 0.25) is 0 Å². The highest BCUT2D eigenvalue weighted by Crippen LogP contribution is 2.45. The molecule has 1 aliphatic rings. The van der Waals surface area contributed by atoms with E-state index in [4.69, 9.17) is 23.3 Å². The summed E-state index contributed by atoms with van der Waals surface area (Å²) in [5, 5.41) is 2.79. The van der Waals surface area contributed by atoms with Gasteiger partial charge in [0.05, 0.1) is 26.1 Å². The van der Waals surface area contributed by atoms with Gasteiger partial charge in [0, 0.05) is 24.8 Å². The van der Waals surface area contributed by atoms with Gasteiger partial charge in [-0.1, -0.05) is 100 Å². The number of ketones is 1. The van der Waals surface area contributed by atoms with Crippen molar-refractivity contribution in [2.24, 2.45) is 5.92 Å². The molecule has 290 valence electrons. The first-order chi connectivity index (χ1) is 25.5.